The number of hydrogen-bond acceptors (Lipinski definition) is 4. The smallest absolute Gasteiger partial charge is 0.335 e. The second-order valence-corrected chi connectivity index (χ2v) is 6.46. The first-order chi connectivity index (χ1) is 11.8. The van der Waals surface area contributed by atoms with Gasteiger partial charge in [-0.2, -0.15) is 13.2 Å². The average molecular weight is 367 g/mol. The van der Waals surface area contributed by atoms with Crippen LogP contribution in [0.3, 0.4) is 0 Å². The fraction of sp³-hybridized carbons (Fsp3) is 0.188. The van der Waals surface area contributed by atoms with Crippen LogP contribution in [0.4, 0.5) is 13.2 Å². The molecule has 0 unspecified atom stereocenters. The number of fused-ring (bicyclic) bond motifs is 1. The fourth-order valence-corrected chi connectivity index (χ4v) is 3.30. The van der Waals surface area contributed by atoms with Gasteiger partial charge in [0, 0.05) is 7.05 Å². The molecule has 0 saturated carbocycles. The second-order valence-electron chi connectivity index (χ2n) is 5.35. The molecule has 3 aromatic rings. The number of carbonyl (C=O) groups excluding carboxylic acids is 1. The number of thiazole rings is 1. The molecule has 2 heterocycles. The van der Waals surface area contributed by atoms with Crippen molar-refractivity contribution >= 4 is 27.5 Å². The Labute approximate surface area is 143 Å². The van der Waals surface area contributed by atoms with E-state index in [0.29, 0.717) is 11.1 Å². The molecule has 3 rings (SSSR count). The Kier molecular flexibility index (Phi) is 4.34. The maximum absolute atomic E-state index is 12.6. The molecular weight excluding hydrogens is 355 g/mol. The highest BCUT2D eigenvalue weighted by Gasteiger charge is 2.32. The van der Waals surface area contributed by atoms with Crippen LogP contribution in [-0.2, 0) is 12.7 Å². The minimum Gasteiger partial charge on any atom is -0.335 e. The Morgan fingerprint density at radius 2 is 1.96 bits per heavy atom. The van der Waals surface area contributed by atoms with Gasteiger partial charge in [-0.1, -0.05) is 12.1 Å². The van der Waals surface area contributed by atoms with Crippen molar-refractivity contribution < 1.29 is 18.0 Å². The standard InChI is InChI=1S/C16H12F3N3O2S/c1-22(8-13-20-10-4-2-3-5-11(10)25-13)15(24)9-6-7-12(16(17,18)19)21-14(9)23/h2-7H,8H2,1H3,(H,21,23). The van der Waals surface area contributed by atoms with Crippen LogP contribution in [0.25, 0.3) is 10.2 Å². The summed E-state index contributed by atoms with van der Waals surface area (Å²) in [7, 11) is 1.46. The van der Waals surface area contributed by atoms with Gasteiger partial charge in [-0.05, 0) is 24.3 Å². The summed E-state index contributed by atoms with van der Waals surface area (Å²) in [5.74, 6) is -0.672. The number of alkyl halides is 3. The predicted molar refractivity (Wildman–Crippen MR) is 87.5 cm³/mol. The highest BCUT2D eigenvalue weighted by molar-refractivity contribution is 7.18. The zero-order chi connectivity index (χ0) is 18.2. The van der Waals surface area contributed by atoms with Crippen molar-refractivity contribution in [3.63, 3.8) is 0 Å². The van der Waals surface area contributed by atoms with Crippen molar-refractivity contribution in [1.29, 1.82) is 0 Å². The van der Waals surface area contributed by atoms with E-state index in [1.807, 2.05) is 24.3 Å². The van der Waals surface area contributed by atoms with E-state index in [1.165, 1.54) is 23.3 Å². The molecule has 0 aliphatic carbocycles. The van der Waals surface area contributed by atoms with E-state index < -0.39 is 23.3 Å². The van der Waals surface area contributed by atoms with Gasteiger partial charge in [-0.25, -0.2) is 4.98 Å². The molecule has 0 aliphatic rings. The molecule has 0 bridgehead atoms. The number of carbonyl (C=O) groups is 1. The van der Waals surface area contributed by atoms with Crippen molar-refractivity contribution in [2.75, 3.05) is 7.05 Å². The summed E-state index contributed by atoms with van der Waals surface area (Å²) in [4.78, 5) is 31.5. The summed E-state index contributed by atoms with van der Waals surface area (Å²) in [5, 5.41) is 0.667. The van der Waals surface area contributed by atoms with E-state index in [1.54, 1.807) is 4.98 Å². The number of benzene rings is 1. The number of hydrogen-bond donors (Lipinski definition) is 1. The molecule has 0 aliphatic heterocycles. The van der Waals surface area contributed by atoms with E-state index in [4.69, 9.17) is 0 Å². The molecule has 130 valence electrons. The average Bonchev–Trinajstić information content (AvgIpc) is 2.95. The number of halogens is 3. The SMILES string of the molecule is CN(Cc1nc2ccccc2s1)C(=O)c1ccc(C(F)(F)F)[nH]c1=O. The maximum atomic E-state index is 12.6. The predicted octanol–water partition coefficient (Wildman–Crippen LogP) is 3.28. The van der Waals surface area contributed by atoms with Gasteiger partial charge in [0.05, 0.1) is 16.8 Å². The van der Waals surface area contributed by atoms with Crippen molar-refractivity contribution in [3.8, 4) is 0 Å². The Morgan fingerprint density at radius 3 is 2.60 bits per heavy atom. The molecule has 0 saturated heterocycles. The number of rotatable bonds is 3. The third-order valence-corrected chi connectivity index (χ3v) is 4.52. The highest BCUT2D eigenvalue weighted by Crippen LogP contribution is 2.26. The summed E-state index contributed by atoms with van der Waals surface area (Å²) < 4.78 is 38.7. The molecule has 1 aromatic carbocycles. The zero-order valence-electron chi connectivity index (χ0n) is 12.9. The molecule has 5 nitrogen and oxygen atoms in total. The molecule has 0 fully saturated rings. The lowest BCUT2D eigenvalue weighted by atomic mass is 10.2. The summed E-state index contributed by atoms with van der Waals surface area (Å²) in [5.41, 5.74) is -1.81. The fourth-order valence-electron chi connectivity index (χ4n) is 2.28. The Hall–Kier alpha value is -2.68. The molecule has 9 heteroatoms. The molecule has 0 atom stereocenters. The van der Waals surface area contributed by atoms with E-state index in [9.17, 15) is 22.8 Å². The minimum atomic E-state index is -4.67. The van der Waals surface area contributed by atoms with Crippen LogP contribution in [0.5, 0.6) is 0 Å². The first-order valence-corrected chi connectivity index (χ1v) is 7.98. The largest absolute Gasteiger partial charge is 0.431 e. The van der Waals surface area contributed by atoms with Gasteiger partial charge >= 0.3 is 6.18 Å². The maximum Gasteiger partial charge on any atom is 0.431 e. The summed E-state index contributed by atoms with van der Waals surface area (Å²) in [6.07, 6.45) is -4.67. The van der Waals surface area contributed by atoms with Gasteiger partial charge in [0.1, 0.15) is 16.3 Å². The molecule has 1 amide bonds. The normalized spacial score (nSPS) is 11.7. The Balaban J connectivity index is 1.81. The molecular formula is C16H12F3N3O2S. The molecule has 25 heavy (non-hydrogen) atoms. The lowest BCUT2D eigenvalue weighted by Crippen LogP contribution is -2.32. The third kappa shape index (κ3) is 3.55. The van der Waals surface area contributed by atoms with Crippen molar-refractivity contribution in [3.05, 3.63) is 63.0 Å². The van der Waals surface area contributed by atoms with Crippen LogP contribution in [0.2, 0.25) is 0 Å². The number of para-hydroxylation sites is 1. The number of aromatic nitrogens is 2. The lowest BCUT2D eigenvalue weighted by molar-refractivity contribution is -0.141. The van der Waals surface area contributed by atoms with Crippen LogP contribution in [0.1, 0.15) is 21.1 Å². The Bertz CT molecular complexity index is 961. The molecule has 0 spiro atoms. The number of nitrogens with zero attached hydrogens (tertiary/aromatic N) is 2. The van der Waals surface area contributed by atoms with Gasteiger partial charge in [0.2, 0.25) is 0 Å². The minimum absolute atomic E-state index is 0.151. The van der Waals surface area contributed by atoms with Gasteiger partial charge < -0.3 is 9.88 Å². The van der Waals surface area contributed by atoms with Crippen LogP contribution in [0.15, 0.2) is 41.2 Å². The lowest BCUT2D eigenvalue weighted by Gasteiger charge is -2.15. The first kappa shape index (κ1) is 17.2. The molecule has 2 aromatic heterocycles. The van der Waals surface area contributed by atoms with E-state index in [2.05, 4.69) is 4.98 Å². The van der Waals surface area contributed by atoms with Crippen LogP contribution >= 0.6 is 11.3 Å². The van der Waals surface area contributed by atoms with Gasteiger partial charge in [0.15, 0.2) is 0 Å². The van der Waals surface area contributed by atoms with Crippen molar-refractivity contribution in [1.82, 2.24) is 14.9 Å². The van der Waals surface area contributed by atoms with Gasteiger partial charge in [0.25, 0.3) is 11.5 Å². The highest BCUT2D eigenvalue weighted by atomic mass is 32.1. The van der Waals surface area contributed by atoms with E-state index in [-0.39, 0.29) is 12.1 Å². The Morgan fingerprint density at radius 1 is 1.24 bits per heavy atom. The first-order valence-electron chi connectivity index (χ1n) is 7.16. The zero-order valence-corrected chi connectivity index (χ0v) is 13.7. The quantitative estimate of drug-likeness (QED) is 0.773. The van der Waals surface area contributed by atoms with Crippen molar-refractivity contribution in [2.45, 2.75) is 12.7 Å². The number of pyridine rings is 1. The van der Waals surface area contributed by atoms with Gasteiger partial charge in [-0.3, -0.25) is 9.59 Å². The number of amides is 1. The molecule has 1 N–H and O–H groups in total. The number of aromatic amines is 1. The summed E-state index contributed by atoms with van der Waals surface area (Å²) in [6.45, 7) is 0.151. The third-order valence-electron chi connectivity index (χ3n) is 3.50. The van der Waals surface area contributed by atoms with Crippen LogP contribution in [0, 0.1) is 0 Å². The molecule has 0 radical (unpaired) electrons. The van der Waals surface area contributed by atoms with Crippen LogP contribution < -0.4 is 5.56 Å². The summed E-state index contributed by atoms with van der Waals surface area (Å²) >= 11 is 1.41. The topological polar surface area (TPSA) is 66.1 Å². The second kappa shape index (κ2) is 6.32. The van der Waals surface area contributed by atoms with E-state index in [0.717, 1.165) is 16.3 Å². The van der Waals surface area contributed by atoms with E-state index >= 15 is 0 Å². The van der Waals surface area contributed by atoms with Crippen LogP contribution in [-0.4, -0.2) is 27.8 Å². The number of nitrogens with one attached hydrogen (secondary N) is 1. The van der Waals surface area contributed by atoms with Gasteiger partial charge in [-0.15, -0.1) is 11.3 Å². The van der Waals surface area contributed by atoms with Crippen molar-refractivity contribution in [2.24, 2.45) is 0 Å². The number of H-pyrrole nitrogens is 1. The summed E-state index contributed by atoms with van der Waals surface area (Å²) in [6, 6.07) is 9.04. The monoisotopic (exact) mass is 367 g/mol.